The molecule has 2 saturated heterocycles. The van der Waals surface area contributed by atoms with E-state index < -0.39 is 17.2 Å². The summed E-state index contributed by atoms with van der Waals surface area (Å²) in [4.78, 5) is 20.4. The molecular weight excluding hydrogens is 703 g/mol. The van der Waals surface area contributed by atoms with Crippen LogP contribution in [0.1, 0.15) is 38.2 Å². The summed E-state index contributed by atoms with van der Waals surface area (Å²) >= 11 is 3.56. The van der Waals surface area contributed by atoms with E-state index in [-0.39, 0.29) is 11.8 Å². The van der Waals surface area contributed by atoms with Crippen molar-refractivity contribution < 1.29 is 17.7 Å². The summed E-state index contributed by atoms with van der Waals surface area (Å²) in [6.07, 6.45) is 8.95. The molecule has 2 aromatic heterocycles. The van der Waals surface area contributed by atoms with Gasteiger partial charge in [0.05, 0.1) is 39.5 Å². The summed E-state index contributed by atoms with van der Waals surface area (Å²) in [5.41, 5.74) is 4.84. The molecule has 4 aromatic rings. The molecule has 2 N–H and O–H groups in total. The number of rotatable bonds is 9. The lowest BCUT2D eigenvalue weighted by Crippen LogP contribution is -2.50. The van der Waals surface area contributed by atoms with Gasteiger partial charge in [0.15, 0.2) is 0 Å². The Morgan fingerprint density at radius 3 is 2.49 bits per heavy atom. The number of benzene rings is 2. The SMILES string of the molecule is CCc1cc(Nc2ncc(Br)c(Nc3ccc4nccnc4c3P(C)(C)=O)n2)c(OC)cc1N1CCC(N2CCCCS2(=O)=O)CC1. The van der Waals surface area contributed by atoms with Gasteiger partial charge in [-0.15, -0.1) is 0 Å². The number of anilines is 5. The Kier molecular flexibility index (Phi) is 9.76. The van der Waals surface area contributed by atoms with E-state index in [9.17, 15) is 13.0 Å². The highest BCUT2D eigenvalue weighted by molar-refractivity contribution is 9.10. The minimum absolute atomic E-state index is 0.0574. The van der Waals surface area contributed by atoms with Gasteiger partial charge < -0.3 is 24.8 Å². The van der Waals surface area contributed by atoms with E-state index in [1.54, 1.807) is 43.3 Å². The summed E-state index contributed by atoms with van der Waals surface area (Å²) < 4.78 is 47.0. The molecule has 6 rings (SSSR count). The Balaban J connectivity index is 1.24. The van der Waals surface area contributed by atoms with Crippen molar-refractivity contribution in [1.29, 1.82) is 0 Å². The lowest BCUT2D eigenvalue weighted by molar-refractivity contribution is 0.261. The lowest BCUT2D eigenvalue weighted by Gasteiger charge is -2.40. The summed E-state index contributed by atoms with van der Waals surface area (Å²) in [5, 5.41) is 7.29. The van der Waals surface area contributed by atoms with E-state index in [0.717, 1.165) is 62.1 Å². The predicted octanol–water partition coefficient (Wildman–Crippen LogP) is 5.88. The highest BCUT2D eigenvalue weighted by Gasteiger charge is 2.35. The third kappa shape index (κ3) is 7.11. The van der Waals surface area contributed by atoms with E-state index in [1.807, 2.05) is 18.2 Å². The van der Waals surface area contributed by atoms with Crippen molar-refractivity contribution in [2.45, 2.75) is 45.1 Å². The molecule has 4 heterocycles. The minimum Gasteiger partial charge on any atom is -0.494 e. The number of hydrogen-bond donors (Lipinski definition) is 2. The second kappa shape index (κ2) is 13.7. The first-order valence-corrected chi connectivity index (χ1v) is 20.8. The molecule has 2 aliphatic rings. The minimum atomic E-state index is -3.16. The zero-order valence-electron chi connectivity index (χ0n) is 27.0. The first kappa shape index (κ1) is 33.6. The van der Waals surface area contributed by atoms with Gasteiger partial charge in [-0.25, -0.2) is 13.4 Å². The summed E-state index contributed by atoms with van der Waals surface area (Å²) in [7, 11) is -4.28. The van der Waals surface area contributed by atoms with Crippen LogP contribution in [0.5, 0.6) is 5.75 Å². The highest BCUT2D eigenvalue weighted by atomic mass is 79.9. The number of fused-ring (bicyclic) bond motifs is 1. The largest absolute Gasteiger partial charge is 0.494 e. The number of nitrogens with zero attached hydrogens (tertiary/aromatic N) is 6. The lowest BCUT2D eigenvalue weighted by atomic mass is 10.0. The molecular formula is C32H40BrN8O4PS. The van der Waals surface area contributed by atoms with E-state index in [2.05, 4.69) is 59.4 Å². The molecule has 0 radical (unpaired) electrons. The van der Waals surface area contributed by atoms with Gasteiger partial charge in [0.1, 0.15) is 24.2 Å². The Morgan fingerprint density at radius 1 is 1.02 bits per heavy atom. The second-order valence-electron chi connectivity index (χ2n) is 12.3. The van der Waals surface area contributed by atoms with Crippen LogP contribution in [-0.4, -0.2) is 84.5 Å². The van der Waals surface area contributed by atoms with Crippen molar-refractivity contribution in [2.75, 3.05) is 61.4 Å². The van der Waals surface area contributed by atoms with Crippen molar-refractivity contribution in [2.24, 2.45) is 0 Å². The first-order chi connectivity index (χ1) is 22.5. The topological polar surface area (TPSA) is 143 Å². The van der Waals surface area contributed by atoms with Crippen LogP contribution in [0, 0.1) is 0 Å². The van der Waals surface area contributed by atoms with Gasteiger partial charge in [0.2, 0.25) is 16.0 Å². The van der Waals surface area contributed by atoms with E-state index in [0.29, 0.717) is 50.6 Å². The van der Waals surface area contributed by atoms with Crippen LogP contribution in [0.2, 0.25) is 0 Å². The fourth-order valence-corrected chi connectivity index (χ4v) is 10.1. The summed E-state index contributed by atoms with van der Waals surface area (Å²) in [5.74, 6) is 1.75. The number of hydrogen-bond acceptors (Lipinski definition) is 11. The maximum atomic E-state index is 13.4. The molecule has 12 nitrogen and oxygen atoms in total. The molecule has 0 spiro atoms. The summed E-state index contributed by atoms with van der Waals surface area (Å²) in [6.45, 7) is 7.72. The van der Waals surface area contributed by atoms with Gasteiger partial charge in [-0.1, -0.05) is 6.92 Å². The fourth-order valence-electron chi connectivity index (χ4n) is 6.50. The number of nitrogens with one attached hydrogen (secondary N) is 2. The van der Waals surface area contributed by atoms with Crippen LogP contribution in [0.4, 0.5) is 28.8 Å². The van der Waals surface area contributed by atoms with E-state index >= 15 is 0 Å². The van der Waals surface area contributed by atoms with Crippen molar-refractivity contribution in [3.8, 4) is 5.75 Å². The molecule has 0 bridgehead atoms. The van der Waals surface area contributed by atoms with Crippen LogP contribution < -0.4 is 25.6 Å². The quantitative estimate of drug-likeness (QED) is 0.199. The molecule has 2 fully saturated rings. The van der Waals surface area contributed by atoms with E-state index in [4.69, 9.17) is 9.72 Å². The number of aromatic nitrogens is 4. The normalized spacial score (nSPS) is 17.5. The third-order valence-electron chi connectivity index (χ3n) is 8.78. The van der Waals surface area contributed by atoms with Crippen LogP contribution in [0.25, 0.3) is 11.0 Å². The molecule has 0 aliphatic carbocycles. The average Bonchev–Trinajstić information content (AvgIpc) is 3.05. The number of sulfonamides is 1. The number of halogens is 1. The number of ether oxygens (including phenoxy) is 1. The molecule has 15 heteroatoms. The van der Waals surface area contributed by atoms with Crippen LogP contribution >= 0.6 is 23.1 Å². The monoisotopic (exact) mass is 742 g/mol. The zero-order chi connectivity index (χ0) is 33.3. The molecule has 250 valence electrons. The van der Waals surface area contributed by atoms with Crippen molar-refractivity contribution in [3.05, 3.63) is 52.9 Å². The predicted molar refractivity (Wildman–Crippen MR) is 192 cm³/mol. The van der Waals surface area contributed by atoms with Gasteiger partial charge in [0.25, 0.3) is 0 Å². The molecule has 2 aliphatic heterocycles. The smallest absolute Gasteiger partial charge is 0.229 e. The maximum Gasteiger partial charge on any atom is 0.229 e. The van der Waals surface area contributed by atoms with Crippen molar-refractivity contribution in [3.63, 3.8) is 0 Å². The Hall–Kier alpha value is -3.32. The van der Waals surface area contributed by atoms with Gasteiger partial charge in [-0.3, -0.25) is 9.97 Å². The number of piperidine rings is 1. The summed E-state index contributed by atoms with van der Waals surface area (Å²) in [6, 6.07) is 7.85. The molecule has 0 amide bonds. The van der Waals surface area contributed by atoms with Gasteiger partial charge in [-0.2, -0.15) is 9.29 Å². The third-order valence-corrected chi connectivity index (χ3v) is 12.9. The Bertz CT molecular complexity index is 1950. The van der Waals surface area contributed by atoms with Crippen LogP contribution in [-0.2, 0) is 21.0 Å². The average molecular weight is 744 g/mol. The molecule has 0 unspecified atom stereocenters. The van der Waals surface area contributed by atoms with Crippen molar-refractivity contribution >= 4 is 78.3 Å². The maximum absolute atomic E-state index is 13.4. The number of methoxy groups -OCH3 is 1. The van der Waals surface area contributed by atoms with Crippen LogP contribution in [0.3, 0.4) is 0 Å². The van der Waals surface area contributed by atoms with Gasteiger partial charge >= 0.3 is 0 Å². The van der Waals surface area contributed by atoms with Crippen LogP contribution in [0.15, 0.2) is 47.3 Å². The molecule has 0 saturated carbocycles. The first-order valence-electron chi connectivity index (χ1n) is 15.8. The molecule has 0 atom stereocenters. The van der Waals surface area contributed by atoms with Gasteiger partial charge in [0, 0.05) is 56.0 Å². The highest BCUT2D eigenvalue weighted by Crippen LogP contribution is 2.42. The standard InChI is InChI=1S/C32H40BrN8O4PS/c1-5-21-18-26(28(45-2)19-27(21)40-15-10-22(11-16-40)41-14-6-7-17-47(41,43)44)38-32-36-20-23(33)31(39-32)37-25-9-8-24-29(35-13-12-34-24)30(25)46(3,4)42/h8-9,12-13,18-20,22H,5-7,10-11,14-17H2,1-4H3,(H2,36,37,38,39). The molecule has 47 heavy (non-hydrogen) atoms. The van der Waals surface area contributed by atoms with Crippen molar-refractivity contribution in [1.82, 2.24) is 24.2 Å². The Labute approximate surface area is 284 Å². The van der Waals surface area contributed by atoms with E-state index in [1.165, 1.54) is 0 Å². The molecule has 2 aromatic carbocycles. The van der Waals surface area contributed by atoms with Gasteiger partial charge in [-0.05, 0) is 85.1 Å². The number of aryl methyl sites for hydroxylation is 1. The fraction of sp³-hybridized carbons (Fsp3) is 0.438. The zero-order valence-corrected chi connectivity index (χ0v) is 30.3. The Morgan fingerprint density at radius 2 is 1.79 bits per heavy atom. The second-order valence-corrected chi connectivity index (χ2v) is 18.3.